The summed E-state index contributed by atoms with van der Waals surface area (Å²) in [5.74, 6) is -0.0915. The van der Waals surface area contributed by atoms with E-state index in [9.17, 15) is 9.59 Å². The maximum absolute atomic E-state index is 13.3. The number of aromatic nitrogens is 1. The molecular weight excluding hydrogens is 372 g/mol. The van der Waals surface area contributed by atoms with E-state index in [1.807, 2.05) is 27.7 Å². The highest BCUT2D eigenvalue weighted by Crippen LogP contribution is 2.39. The molecule has 0 N–H and O–H groups in total. The molecule has 0 unspecified atom stereocenters. The number of ether oxygens (including phenoxy) is 1. The molecule has 3 rings (SSSR count). The van der Waals surface area contributed by atoms with Gasteiger partial charge in [-0.15, -0.1) is 0 Å². The van der Waals surface area contributed by atoms with Crippen molar-refractivity contribution < 1.29 is 19.2 Å². The summed E-state index contributed by atoms with van der Waals surface area (Å²) in [6, 6.07) is 3.57. The third kappa shape index (κ3) is 4.67. The summed E-state index contributed by atoms with van der Waals surface area (Å²) < 4.78 is 5.44. The molecule has 156 valence electrons. The SMILES string of the molecule is CC(C)(C)OC(=O)N1CCC(C)(C(=O)N2OCC[C@H]2c2cncc(C#N)c2)CC1. The number of hydrogen-bond donors (Lipinski definition) is 0. The summed E-state index contributed by atoms with van der Waals surface area (Å²) in [7, 11) is 0. The van der Waals surface area contributed by atoms with Crippen molar-refractivity contribution in [3.05, 3.63) is 29.6 Å². The van der Waals surface area contributed by atoms with Crippen LogP contribution in [0.5, 0.6) is 0 Å². The fourth-order valence-corrected chi connectivity index (χ4v) is 3.66. The maximum atomic E-state index is 13.3. The van der Waals surface area contributed by atoms with Crippen LogP contribution in [0.15, 0.2) is 18.5 Å². The fourth-order valence-electron chi connectivity index (χ4n) is 3.66. The number of carbonyl (C=O) groups excluding carboxylic acids is 2. The molecule has 29 heavy (non-hydrogen) atoms. The van der Waals surface area contributed by atoms with Crippen LogP contribution in [-0.2, 0) is 14.4 Å². The van der Waals surface area contributed by atoms with Crippen LogP contribution in [0.4, 0.5) is 4.79 Å². The zero-order chi connectivity index (χ0) is 21.2. The van der Waals surface area contributed by atoms with Crippen molar-refractivity contribution in [3.8, 4) is 6.07 Å². The van der Waals surface area contributed by atoms with Crippen LogP contribution in [0.3, 0.4) is 0 Å². The van der Waals surface area contributed by atoms with Gasteiger partial charge in [-0.25, -0.2) is 9.86 Å². The average molecular weight is 400 g/mol. The first kappa shape index (κ1) is 21.1. The second-order valence-corrected chi connectivity index (χ2v) is 8.92. The third-order valence-electron chi connectivity index (χ3n) is 5.41. The van der Waals surface area contributed by atoms with Gasteiger partial charge in [-0.1, -0.05) is 6.92 Å². The smallest absolute Gasteiger partial charge is 0.410 e. The Morgan fingerprint density at radius 3 is 2.62 bits per heavy atom. The quantitative estimate of drug-likeness (QED) is 0.756. The molecular formula is C21H28N4O4. The lowest BCUT2D eigenvalue weighted by Crippen LogP contribution is -2.50. The van der Waals surface area contributed by atoms with Crippen LogP contribution in [-0.4, -0.2) is 52.2 Å². The highest BCUT2D eigenvalue weighted by Gasteiger charge is 2.45. The van der Waals surface area contributed by atoms with E-state index < -0.39 is 11.0 Å². The molecule has 1 aromatic heterocycles. The van der Waals surface area contributed by atoms with E-state index in [0.29, 0.717) is 44.5 Å². The molecule has 1 aromatic rings. The highest BCUT2D eigenvalue weighted by molar-refractivity contribution is 5.82. The van der Waals surface area contributed by atoms with Gasteiger partial charge in [-0.05, 0) is 45.2 Å². The van der Waals surface area contributed by atoms with E-state index in [2.05, 4.69) is 11.1 Å². The first-order chi connectivity index (χ1) is 13.6. The third-order valence-corrected chi connectivity index (χ3v) is 5.41. The Morgan fingerprint density at radius 2 is 2.00 bits per heavy atom. The Hall–Kier alpha value is -2.66. The summed E-state index contributed by atoms with van der Waals surface area (Å²) in [5.41, 5.74) is 0.0841. The predicted octanol–water partition coefficient (Wildman–Crippen LogP) is 3.20. The number of carbonyl (C=O) groups is 2. The van der Waals surface area contributed by atoms with Gasteiger partial charge in [0.15, 0.2) is 0 Å². The molecule has 1 atom stereocenters. The number of hydroxylamine groups is 2. The van der Waals surface area contributed by atoms with E-state index in [1.54, 1.807) is 17.2 Å². The number of nitriles is 1. The van der Waals surface area contributed by atoms with Crippen LogP contribution in [0.25, 0.3) is 0 Å². The molecule has 0 bridgehead atoms. The summed E-state index contributed by atoms with van der Waals surface area (Å²) in [4.78, 5) is 37.1. The van der Waals surface area contributed by atoms with Gasteiger partial charge in [0.1, 0.15) is 11.7 Å². The molecule has 0 aromatic carbocycles. The van der Waals surface area contributed by atoms with Gasteiger partial charge in [0.2, 0.25) is 0 Å². The van der Waals surface area contributed by atoms with Crippen molar-refractivity contribution >= 4 is 12.0 Å². The average Bonchev–Trinajstić information content (AvgIpc) is 3.16. The zero-order valence-corrected chi connectivity index (χ0v) is 17.5. The fraction of sp³-hybridized carbons (Fsp3) is 0.619. The lowest BCUT2D eigenvalue weighted by atomic mass is 9.79. The molecule has 0 saturated carbocycles. The summed E-state index contributed by atoms with van der Waals surface area (Å²) in [6.45, 7) is 8.79. The molecule has 0 spiro atoms. The largest absolute Gasteiger partial charge is 0.444 e. The minimum atomic E-state index is -0.624. The lowest BCUT2D eigenvalue weighted by molar-refractivity contribution is -0.190. The van der Waals surface area contributed by atoms with E-state index in [4.69, 9.17) is 14.8 Å². The molecule has 8 heteroatoms. The van der Waals surface area contributed by atoms with Gasteiger partial charge in [-0.2, -0.15) is 5.26 Å². The Morgan fingerprint density at radius 1 is 1.31 bits per heavy atom. The molecule has 0 aliphatic carbocycles. The minimum absolute atomic E-state index is 0.0915. The summed E-state index contributed by atoms with van der Waals surface area (Å²) >= 11 is 0. The number of rotatable bonds is 2. The molecule has 3 heterocycles. The molecule has 2 saturated heterocycles. The van der Waals surface area contributed by atoms with Crippen molar-refractivity contribution in [2.45, 2.75) is 58.6 Å². The first-order valence-electron chi connectivity index (χ1n) is 9.92. The number of piperidine rings is 1. The van der Waals surface area contributed by atoms with Crippen LogP contribution < -0.4 is 0 Å². The molecule has 0 radical (unpaired) electrons. The molecule has 2 amide bonds. The van der Waals surface area contributed by atoms with E-state index in [0.717, 1.165) is 5.56 Å². The Labute approximate surface area is 171 Å². The van der Waals surface area contributed by atoms with Crippen LogP contribution >= 0.6 is 0 Å². The van der Waals surface area contributed by atoms with Crippen LogP contribution in [0.1, 0.15) is 64.1 Å². The highest BCUT2D eigenvalue weighted by atomic mass is 16.7. The normalized spacial score (nSPS) is 21.6. The Bertz CT molecular complexity index is 819. The standard InChI is InChI=1S/C21H28N4O4/c1-20(2,3)29-19(27)24-8-6-21(4,7-9-24)18(26)25-17(5-10-28-25)16-11-15(12-22)13-23-14-16/h11,13-14,17H,5-10H2,1-4H3/t17-/m0/s1. The van der Waals surface area contributed by atoms with E-state index >= 15 is 0 Å². The van der Waals surface area contributed by atoms with Crippen molar-refractivity contribution in [3.63, 3.8) is 0 Å². The maximum Gasteiger partial charge on any atom is 0.410 e. The van der Waals surface area contributed by atoms with Gasteiger partial charge in [0.25, 0.3) is 5.91 Å². The van der Waals surface area contributed by atoms with Crippen molar-refractivity contribution in [2.24, 2.45) is 5.41 Å². The Kier molecular flexibility index (Phi) is 5.80. The summed E-state index contributed by atoms with van der Waals surface area (Å²) in [5, 5.41) is 10.6. The molecule has 2 fully saturated rings. The number of hydrogen-bond acceptors (Lipinski definition) is 6. The van der Waals surface area contributed by atoms with E-state index in [-0.39, 0.29) is 18.0 Å². The Balaban J connectivity index is 1.68. The predicted molar refractivity (Wildman–Crippen MR) is 104 cm³/mol. The first-order valence-corrected chi connectivity index (χ1v) is 9.92. The monoisotopic (exact) mass is 400 g/mol. The van der Waals surface area contributed by atoms with Gasteiger partial charge in [0.05, 0.1) is 23.6 Å². The van der Waals surface area contributed by atoms with E-state index in [1.165, 1.54) is 11.3 Å². The lowest BCUT2D eigenvalue weighted by Gasteiger charge is -2.40. The molecule has 2 aliphatic heterocycles. The number of pyridine rings is 1. The molecule has 2 aliphatic rings. The summed E-state index contributed by atoms with van der Waals surface area (Å²) in [6.07, 6.45) is 4.55. The number of amides is 2. The topological polar surface area (TPSA) is 95.8 Å². The minimum Gasteiger partial charge on any atom is -0.444 e. The second kappa shape index (κ2) is 7.99. The van der Waals surface area contributed by atoms with Crippen molar-refractivity contribution in [1.29, 1.82) is 5.26 Å². The second-order valence-electron chi connectivity index (χ2n) is 8.92. The zero-order valence-electron chi connectivity index (χ0n) is 17.5. The van der Waals surface area contributed by atoms with Gasteiger partial charge in [0, 0.05) is 31.9 Å². The van der Waals surface area contributed by atoms with Gasteiger partial charge < -0.3 is 9.64 Å². The van der Waals surface area contributed by atoms with Gasteiger partial charge in [-0.3, -0.25) is 14.6 Å². The van der Waals surface area contributed by atoms with Gasteiger partial charge >= 0.3 is 6.09 Å². The van der Waals surface area contributed by atoms with Crippen molar-refractivity contribution in [2.75, 3.05) is 19.7 Å². The van der Waals surface area contributed by atoms with Crippen LogP contribution in [0.2, 0.25) is 0 Å². The number of likely N-dealkylation sites (tertiary alicyclic amines) is 1. The van der Waals surface area contributed by atoms with Crippen molar-refractivity contribution in [1.82, 2.24) is 14.9 Å². The molecule has 8 nitrogen and oxygen atoms in total. The number of nitrogens with zero attached hydrogens (tertiary/aromatic N) is 4. The van der Waals surface area contributed by atoms with Crippen LogP contribution in [0, 0.1) is 16.7 Å².